The van der Waals surface area contributed by atoms with Gasteiger partial charge in [-0.2, -0.15) is 8.42 Å². The molecular formula is C21H27INO3S+. The van der Waals surface area contributed by atoms with Crippen LogP contribution >= 0.6 is 22.6 Å². The van der Waals surface area contributed by atoms with Crippen molar-refractivity contribution in [1.29, 1.82) is 0 Å². The van der Waals surface area contributed by atoms with Gasteiger partial charge in [0.1, 0.15) is 13.2 Å². The Hall–Kier alpha value is -0.960. The van der Waals surface area contributed by atoms with E-state index in [-0.39, 0.29) is 11.5 Å². The molecule has 0 bridgehead atoms. The van der Waals surface area contributed by atoms with Crippen LogP contribution in [0.1, 0.15) is 24.0 Å². The SMILES string of the molecule is Cc1ccc(S(=O)(=O)OCC[N+]2(CCc3ccc(I)cc3)CCCC2)cc1. The maximum Gasteiger partial charge on any atom is 0.297 e. The topological polar surface area (TPSA) is 43.4 Å². The van der Waals surface area contributed by atoms with Gasteiger partial charge in [-0.05, 0) is 59.3 Å². The van der Waals surface area contributed by atoms with Crippen LogP contribution in [0.15, 0.2) is 53.4 Å². The second-order valence-electron chi connectivity index (χ2n) is 7.41. The standard InChI is InChI=1S/C21H27INO3S/c1-18-4-10-21(11-5-18)27(24,25)26-17-16-23(13-2-3-14-23)15-12-19-6-8-20(22)9-7-19/h4-11H,2-3,12-17H2,1H3/q+1. The fourth-order valence-electron chi connectivity index (χ4n) is 3.70. The first kappa shape index (κ1) is 20.8. The van der Waals surface area contributed by atoms with E-state index in [9.17, 15) is 8.42 Å². The van der Waals surface area contributed by atoms with E-state index in [2.05, 4.69) is 46.9 Å². The molecule has 1 fully saturated rings. The van der Waals surface area contributed by atoms with Crippen molar-refractivity contribution in [1.82, 2.24) is 0 Å². The molecule has 2 aromatic rings. The van der Waals surface area contributed by atoms with Gasteiger partial charge in [-0.3, -0.25) is 4.18 Å². The lowest BCUT2D eigenvalue weighted by atomic mass is 10.1. The summed E-state index contributed by atoms with van der Waals surface area (Å²) in [5.41, 5.74) is 2.37. The predicted octanol–water partition coefficient (Wildman–Crippen LogP) is 4.16. The summed E-state index contributed by atoms with van der Waals surface area (Å²) >= 11 is 2.32. The van der Waals surface area contributed by atoms with Crippen molar-refractivity contribution in [2.45, 2.75) is 31.1 Å². The molecule has 0 spiro atoms. The van der Waals surface area contributed by atoms with Crippen LogP contribution in [0.4, 0.5) is 0 Å². The summed E-state index contributed by atoms with van der Waals surface area (Å²) < 4.78 is 32.4. The first-order valence-corrected chi connectivity index (χ1v) is 11.9. The van der Waals surface area contributed by atoms with Gasteiger partial charge in [-0.25, -0.2) is 0 Å². The highest BCUT2D eigenvalue weighted by molar-refractivity contribution is 14.1. The van der Waals surface area contributed by atoms with Gasteiger partial charge in [0.15, 0.2) is 0 Å². The Balaban J connectivity index is 1.57. The molecule has 6 heteroatoms. The Morgan fingerprint density at radius 3 is 2.22 bits per heavy atom. The first-order chi connectivity index (χ1) is 12.9. The van der Waals surface area contributed by atoms with Crippen molar-refractivity contribution in [3.63, 3.8) is 0 Å². The molecule has 0 atom stereocenters. The lowest BCUT2D eigenvalue weighted by molar-refractivity contribution is -0.916. The van der Waals surface area contributed by atoms with Crippen molar-refractivity contribution < 1.29 is 17.1 Å². The zero-order chi connectivity index (χ0) is 19.3. The maximum absolute atomic E-state index is 12.4. The second kappa shape index (κ2) is 9.03. The number of hydrogen-bond acceptors (Lipinski definition) is 3. The minimum atomic E-state index is -3.68. The van der Waals surface area contributed by atoms with E-state index in [1.165, 1.54) is 22.0 Å². The number of nitrogens with zero attached hydrogens (tertiary/aromatic N) is 1. The Labute approximate surface area is 176 Å². The zero-order valence-corrected chi connectivity index (χ0v) is 18.7. The molecule has 1 saturated heterocycles. The molecule has 3 rings (SSSR count). The van der Waals surface area contributed by atoms with Crippen molar-refractivity contribution in [2.24, 2.45) is 0 Å². The third-order valence-corrected chi connectivity index (χ3v) is 7.46. The van der Waals surface area contributed by atoms with Crippen LogP contribution in [0.25, 0.3) is 0 Å². The molecule has 1 aliphatic rings. The van der Waals surface area contributed by atoms with Crippen molar-refractivity contribution in [2.75, 3.05) is 32.8 Å². The van der Waals surface area contributed by atoms with Crippen molar-refractivity contribution >= 4 is 32.7 Å². The lowest BCUT2D eigenvalue weighted by Gasteiger charge is -2.34. The van der Waals surface area contributed by atoms with Crippen LogP contribution in [0.5, 0.6) is 0 Å². The predicted molar refractivity (Wildman–Crippen MR) is 116 cm³/mol. The highest BCUT2D eigenvalue weighted by atomic mass is 127. The van der Waals surface area contributed by atoms with Crippen LogP contribution in [0, 0.1) is 10.5 Å². The number of likely N-dealkylation sites (tertiary alicyclic amines) is 1. The summed E-state index contributed by atoms with van der Waals surface area (Å²) in [5, 5.41) is 0. The maximum atomic E-state index is 12.4. The summed E-state index contributed by atoms with van der Waals surface area (Å²) in [5.74, 6) is 0. The number of aryl methyl sites for hydroxylation is 1. The van der Waals surface area contributed by atoms with E-state index in [1.54, 1.807) is 24.3 Å². The smallest absolute Gasteiger partial charge is 0.297 e. The molecule has 0 aromatic heterocycles. The van der Waals surface area contributed by atoms with Gasteiger partial charge in [0.05, 0.1) is 24.5 Å². The summed E-state index contributed by atoms with van der Waals surface area (Å²) in [4.78, 5) is 0.236. The van der Waals surface area contributed by atoms with Crippen molar-refractivity contribution in [3.8, 4) is 0 Å². The zero-order valence-electron chi connectivity index (χ0n) is 15.7. The van der Waals surface area contributed by atoms with Gasteiger partial charge in [0.2, 0.25) is 0 Å². The molecule has 1 heterocycles. The Morgan fingerprint density at radius 2 is 1.59 bits per heavy atom. The average molecular weight is 500 g/mol. The van der Waals surface area contributed by atoms with Gasteiger partial charge in [-0.1, -0.05) is 29.8 Å². The molecule has 1 aliphatic heterocycles. The molecule has 0 amide bonds. The third-order valence-electron chi connectivity index (χ3n) is 5.42. The molecule has 0 aliphatic carbocycles. The van der Waals surface area contributed by atoms with Gasteiger partial charge in [0, 0.05) is 22.8 Å². The Kier molecular flexibility index (Phi) is 6.94. The minimum Gasteiger partial charge on any atom is -0.321 e. The number of halogens is 1. The summed E-state index contributed by atoms with van der Waals surface area (Å²) in [6.07, 6.45) is 3.43. The van der Waals surface area contributed by atoms with E-state index in [0.717, 1.165) is 42.6 Å². The molecular weight excluding hydrogens is 473 g/mol. The Morgan fingerprint density at radius 1 is 0.963 bits per heavy atom. The lowest BCUT2D eigenvalue weighted by Crippen LogP contribution is -2.49. The second-order valence-corrected chi connectivity index (χ2v) is 10.3. The summed E-state index contributed by atoms with van der Waals surface area (Å²) in [6.45, 7) is 6.18. The molecule has 0 radical (unpaired) electrons. The number of hydrogen-bond donors (Lipinski definition) is 0. The van der Waals surface area contributed by atoms with Crippen molar-refractivity contribution in [3.05, 3.63) is 63.2 Å². The highest BCUT2D eigenvalue weighted by Gasteiger charge is 2.32. The third kappa shape index (κ3) is 5.76. The molecule has 2 aromatic carbocycles. The van der Waals surface area contributed by atoms with E-state index in [4.69, 9.17) is 4.18 Å². The van der Waals surface area contributed by atoms with Gasteiger partial charge < -0.3 is 4.48 Å². The average Bonchev–Trinajstić information content (AvgIpc) is 3.10. The molecule has 146 valence electrons. The molecule has 27 heavy (non-hydrogen) atoms. The molecule has 0 unspecified atom stereocenters. The van der Waals surface area contributed by atoms with E-state index in [0.29, 0.717) is 0 Å². The largest absolute Gasteiger partial charge is 0.321 e. The normalized spacial score (nSPS) is 16.5. The summed E-state index contributed by atoms with van der Waals surface area (Å²) in [6, 6.07) is 15.5. The van der Waals surface area contributed by atoms with E-state index >= 15 is 0 Å². The number of quaternary nitrogens is 1. The van der Waals surface area contributed by atoms with Crippen LogP contribution in [-0.2, 0) is 20.7 Å². The highest BCUT2D eigenvalue weighted by Crippen LogP contribution is 2.22. The van der Waals surface area contributed by atoms with Crippen LogP contribution in [-0.4, -0.2) is 45.7 Å². The molecule has 4 nitrogen and oxygen atoms in total. The summed E-state index contributed by atoms with van der Waals surface area (Å²) in [7, 11) is -3.68. The number of rotatable bonds is 8. The Bertz CT molecular complexity index is 842. The minimum absolute atomic E-state index is 0.236. The van der Waals surface area contributed by atoms with Crippen LogP contribution < -0.4 is 0 Å². The monoisotopic (exact) mass is 500 g/mol. The van der Waals surface area contributed by atoms with Crippen LogP contribution in [0.3, 0.4) is 0 Å². The van der Waals surface area contributed by atoms with Crippen LogP contribution in [0.2, 0.25) is 0 Å². The number of benzene rings is 2. The first-order valence-electron chi connectivity index (χ1n) is 9.44. The molecule has 0 saturated carbocycles. The van der Waals surface area contributed by atoms with Gasteiger partial charge in [0.25, 0.3) is 10.1 Å². The fraction of sp³-hybridized carbons (Fsp3) is 0.429. The van der Waals surface area contributed by atoms with E-state index < -0.39 is 10.1 Å². The van der Waals surface area contributed by atoms with E-state index in [1.807, 2.05) is 6.92 Å². The fourth-order valence-corrected chi connectivity index (χ4v) is 4.96. The quantitative estimate of drug-likeness (QED) is 0.311. The van der Waals surface area contributed by atoms with Gasteiger partial charge >= 0.3 is 0 Å². The molecule has 0 N–H and O–H groups in total. The van der Waals surface area contributed by atoms with Gasteiger partial charge in [-0.15, -0.1) is 0 Å².